The van der Waals surface area contributed by atoms with E-state index in [0.29, 0.717) is 5.92 Å². The molecule has 0 amide bonds. The molecule has 0 aromatic heterocycles. The standard InChI is InChI=1S/C11H20O2/c1-4-7-13-11(9-5-6-9)10(12)8(2)3/h8-9,11H,4-7H2,1-3H3/t11-/m0/s1. The van der Waals surface area contributed by atoms with Crippen molar-refractivity contribution in [2.45, 2.75) is 46.1 Å². The van der Waals surface area contributed by atoms with Crippen molar-refractivity contribution in [2.75, 3.05) is 6.61 Å². The minimum Gasteiger partial charge on any atom is -0.370 e. The van der Waals surface area contributed by atoms with Crippen molar-refractivity contribution in [2.24, 2.45) is 11.8 Å². The van der Waals surface area contributed by atoms with E-state index in [1.807, 2.05) is 13.8 Å². The summed E-state index contributed by atoms with van der Waals surface area (Å²) in [6, 6.07) is 0. The lowest BCUT2D eigenvalue weighted by atomic mass is 10.0. The average molecular weight is 184 g/mol. The Morgan fingerprint density at radius 2 is 2.08 bits per heavy atom. The van der Waals surface area contributed by atoms with E-state index in [-0.39, 0.29) is 17.8 Å². The van der Waals surface area contributed by atoms with Crippen molar-refractivity contribution in [3.63, 3.8) is 0 Å². The first-order chi connectivity index (χ1) is 6.16. The van der Waals surface area contributed by atoms with Gasteiger partial charge in [-0.15, -0.1) is 0 Å². The smallest absolute Gasteiger partial charge is 0.164 e. The van der Waals surface area contributed by atoms with Crippen LogP contribution in [0.2, 0.25) is 0 Å². The Morgan fingerprint density at radius 3 is 2.46 bits per heavy atom. The van der Waals surface area contributed by atoms with Crippen LogP contribution in [0.3, 0.4) is 0 Å². The number of carbonyl (C=O) groups excluding carboxylic acids is 1. The summed E-state index contributed by atoms with van der Waals surface area (Å²) < 4.78 is 5.59. The second-order valence-electron chi connectivity index (χ2n) is 4.19. The second kappa shape index (κ2) is 4.75. The van der Waals surface area contributed by atoms with Gasteiger partial charge in [0, 0.05) is 12.5 Å². The predicted molar refractivity (Wildman–Crippen MR) is 52.6 cm³/mol. The fourth-order valence-electron chi connectivity index (χ4n) is 1.42. The van der Waals surface area contributed by atoms with Crippen LogP contribution in [0.4, 0.5) is 0 Å². The molecule has 0 N–H and O–H groups in total. The zero-order chi connectivity index (χ0) is 9.84. The summed E-state index contributed by atoms with van der Waals surface area (Å²) in [6.45, 7) is 6.70. The van der Waals surface area contributed by atoms with Gasteiger partial charge in [0.15, 0.2) is 5.78 Å². The average Bonchev–Trinajstić information content (AvgIpc) is 2.88. The summed E-state index contributed by atoms with van der Waals surface area (Å²) >= 11 is 0. The number of ether oxygens (including phenoxy) is 1. The van der Waals surface area contributed by atoms with E-state index in [4.69, 9.17) is 4.74 Å². The molecule has 0 bridgehead atoms. The van der Waals surface area contributed by atoms with Gasteiger partial charge in [-0.25, -0.2) is 0 Å². The predicted octanol–water partition coefficient (Wildman–Crippen LogP) is 2.42. The van der Waals surface area contributed by atoms with Gasteiger partial charge in [-0.05, 0) is 25.2 Å². The molecule has 0 spiro atoms. The van der Waals surface area contributed by atoms with Crippen LogP contribution in [0.1, 0.15) is 40.0 Å². The van der Waals surface area contributed by atoms with Crippen molar-refractivity contribution in [3.8, 4) is 0 Å². The van der Waals surface area contributed by atoms with E-state index >= 15 is 0 Å². The van der Waals surface area contributed by atoms with Crippen molar-refractivity contribution < 1.29 is 9.53 Å². The largest absolute Gasteiger partial charge is 0.370 e. The number of Topliss-reactive ketones (excluding diaryl/α,β-unsaturated/α-hetero) is 1. The summed E-state index contributed by atoms with van der Waals surface area (Å²) in [5, 5.41) is 0. The normalized spacial score (nSPS) is 19.1. The van der Waals surface area contributed by atoms with Crippen molar-refractivity contribution in [1.29, 1.82) is 0 Å². The van der Waals surface area contributed by atoms with Gasteiger partial charge in [-0.3, -0.25) is 4.79 Å². The Hall–Kier alpha value is -0.370. The number of ketones is 1. The van der Waals surface area contributed by atoms with E-state index in [9.17, 15) is 4.79 Å². The Labute approximate surface area is 80.7 Å². The van der Waals surface area contributed by atoms with Gasteiger partial charge < -0.3 is 4.74 Å². The third kappa shape index (κ3) is 3.11. The molecular formula is C11H20O2. The lowest BCUT2D eigenvalue weighted by Gasteiger charge is -2.17. The molecule has 1 fully saturated rings. The van der Waals surface area contributed by atoms with Gasteiger partial charge in [-0.2, -0.15) is 0 Å². The highest BCUT2D eigenvalue weighted by atomic mass is 16.5. The highest BCUT2D eigenvalue weighted by Gasteiger charge is 2.37. The van der Waals surface area contributed by atoms with Gasteiger partial charge in [0.05, 0.1) is 0 Å². The third-order valence-corrected chi connectivity index (χ3v) is 2.40. The van der Waals surface area contributed by atoms with Gasteiger partial charge in [-0.1, -0.05) is 20.8 Å². The van der Waals surface area contributed by atoms with Gasteiger partial charge in [0.1, 0.15) is 6.10 Å². The van der Waals surface area contributed by atoms with Crippen LogP contribution >= 0.6 is 0 Å². The van der Waals surface area contributed by atoms with E-state index in [2.05, 4.69) is 6.92 Å². The molecule has 1 aliphatic rings. The molecule has 76 valence electrons. The van der Waals surface area contributed by atoms with Crippen LogP contribution in [0.15, 0.2) is 0 Å². The van der Waals surface area contributed by atoms with Gasteiger partial charge in [0.2, 0.25) is 0 Å². The molecule has 1 aliphatic carbocycles. The summed E-state index contributed by atoms with van der Waals surface area (Å²) in [5.41, 5.74) is 0. The summed E-state index contributed by atoms with van der Waals surface area (Å²) in [7, 11) is 0. The zero-order valence-electron chi connectivity index (χ0n) is 8.88. The molecule has 0 aromatic rings. The molecule has 13 heavy (non-hydrogen) atoms. The number of carbonyl (C=O) groups is 1. The van der Waals surface area contributed by atoms with Crippen molar-refractivity contribution in [1.82, 2.24) is 0 Å². The summed E-state index contributed by atoms with van der Waals surface area (Å²) in [4.78, 5) is 11.7. The molecule has 0 heterocycles. The second-order valence-corrected chi connectivity index (χ2v) is 4.19. The topological polar surface area (TPSA) is 26.3 Å². The van der Waals surface area contributed by atoms with Crippen LogP contribution in [0.5, 0.6) is 0 Å². The minimum atomic E-state index is -0.0973. The van der Waals surface area contributed by atoms with E-state index in [1.54, 1.807) is 0 Å². The highest BCUT2D eigenvalue weighted by Crippen LogP contribution is 2.35. The molecule has 0 unspecified atom stereocenters. The maximum absolute atomic E-state index is 11.7. The molecule has 2 nitrogen and oxygen atoms in total. The first-order valence-corrected chi connectivity index (χ1v) is 5.32. The van der Waals surface area contributed by atoms with E-state index < -0.39 is 0 Å². The summed E-state index contributed by atoms with van der Waals surface area (Å²) in [5.74, 6) is 0.930. The lowest BCUT2D eigenvalue weighted by molar-refractivity contribution is -0.135. The molecule has 0 aromatic carbocycles. The summed E-state index contributed by atoms with van der Waals surface area (Å²) in [6.07, 6.45) is 3.24. The number of hydrogen-bond donors (Lipinski definition) is 0. The molecule has 1 atom stereocenters. The Kier molecular flexibility index (Phi) is 3.91. The number of rotatable bonds is 6. The van der Waals surface area contributed by atoms with E-state index in [1.165, 1.54) is 12.8 Å². The quantitative estimate of drug-likeness (QED) is 0.633. The first-order valence-electron chi connectivity index (χ1n) is 5.32. The Balaban J connectivity index is 2.41. The third-order valence-electron chi connectivity index (χ3n) is 2.40. The molecule has 0 saturated heterocycles. The van der Waals surface area contributed by atoms with Crippen LogP contribution in [0.25, 0.3) is 0 Å². The van der Waals surface area contributed by atoms with Crippen molar-refractivity contribution >= 4 is 5.78 Å². The fourth-order valence-corrected chi connectivity index (χ4v) is 1.42. The Morgan fingerprint density at radius 1 is 1.46 bits per heavy atom. The fraction of sp³-hybridized carbons (Fsp3) is 0.909. The molecule has 1 saturated carbocycles. The molecule has 1 rings (SSSR count). The molecular weight excluding hydrogens is 164 g/mol. The SMILES string of the molecule is CCCO[C@H](C(=O)C(C)C)C1CC1. The maximum atomic E-state index is 11.7. The monoisotopic (exact) mass is 184 g/mol. The van der Waals surface area contributed by atoms with Crippen molar-refractivity contribution in [3.05, 3.63) is 0 Å². The number of hydrogen-bond acceptors (Lipinski definition) is 2. The van der Waals surface area contributed by atoms with Gasteiger partial charge in [0.25, 0.3) is 0 Å². The van der Waals surface area contributed by atoms with Crippen LogP contribution in [-0.4, -0.2) is 18.5 Å². The molecule has 0 radical (unpaired) electrons. The maximum Gasteiger partial charge on any atom is 0.164 e. The van der Waals surface area contributed by atoms with Crippen LogP contribution in [0, 0.1) is 11.8 Å². The lowest BCUT2D eigenvalue weighted by Crippen LogP contribution is -2.30. The molecule has 2 heteroatoms. The van der Waals surface area contributed by atoms with E-state index in [0.717, 1.165) is 13.0 Å². The first kappa shape index (κ1) is 10.7. The minimum absolute atomic E-state index is 0.0973. The zero-order valence-corrected chi connectivity index (χ0v) is 8.88. The van der Waals surface area contributed by atoms with Crippen LogP contribution in [-0.2, 0) is 9.53 Å². The Bertz CT molecular complexity index is 171. The van der Waals surface area contributed by atoms with Gasteiger partial charge >= 0.3 is 0 Å². The highest BCUT2D eigenvalue weighted by molar-refractivity contribution is 5.85. The van der Waals surface area contributed by atoms with Crippen LogP contribution < -0.4 is 0 Å². The molecule has 0 aliphatic heterocycles.